The van der Waals surface area contributed by atoms with Crippen molar-refractivity contribution >= 4 is 5.97 Å². The van der Waals surface area contributed by atoms with Gasteiger partial charge in [-0.15, -0.1) is 0 Å². The van der Waals surface area contributed by atoms with Crippen LogP contribution in [0.15, 0.2) is 10.6 Å². The molecule has 0 radical (unpaired) electrons. The normalized spacial score (nSPS) is 23.3. The first kappa shape index (κ1) is 16.0. The molecular weight excluding hydrogens is 272 g/mol. The van der Waals surface area contributed by atoms with Gasteiger partial charge in [0.05, 0.1) is 17.7 Å². The molecule has 118 valence electrons. The van der Waals surface area contributed by atoms with Crippen molar-refractivity contribution in [1.82, 2.24) is 10.1 Å². The zero-order chi connectivity index (χ0) is 15.3. The Kier molecular flexibility index (Phi) is 5.36. The summed E-state index contributed by atoms with van der Waals surface area (Å²) >= 11 is 0. The SMILES string of the molecule is COCCCC1(C(=O)O)CCCN(Cc2cc(C)no2)C1. The zero-order valence-electron chi connectivity index (χ0n) is 12.8. The van der Waals surface area contributed by atoms with E-state index >= 15 is 0 Å². The molecule has 6 heteroatoms. The minimum Gasteiger partial charge on any atom is -0.481 e. The Balaban J connectivity index is 2.00. The Bertz CT molecular complexity index is 474. The van der Waals surface area contributed by atoms with Crippen molar-refractivity contribution in [2.45, 2.75) is 39.2 Å². The van der Waals surface area contributed by atoms with Gasteiger partial charge in [-0.2, -0.15) is 0 Å². The Morgan fingerprint density at radius 1 is 1.62 bits per heavy atom. The number of hydrogen-bond donors (Lipinski definition) is 1. The molecule has 0 bridgehead atoms. The number of methoxy groups -OCH3 is 1. The second-order valence-corrected chi connectivity index (χ2v) is 5.93. The van der Waals surface area contributed by atoms with E-state index in [-0.39, 0.29) is 0 Å². The lowest BCUT2D eigenvalue weighted by atomic mass is 9.76. The van der Waals surface area contributed by atoms with Crippen LogP contribution in [0, 0.1) is 12.3 Å². The molecule has 1 aliphatic heterocycles. The lowest BCUT2D eigenvalue weighted by Crippen LogP contribution is -2.47. The molecule has 6 nitrogen and oxygen atoms in total. The van der Waals surface area contributed by atoms with Gasteiger partial charge in [0, 0.05) is 26.3 Å². The lowest BCUT2D eigenvalue weighted by Gasteiger charge is -2.39. The van der Waals surface area contributed by atoms with Crippen LogP contribution >= 0.6 is 0 Å². The maximum Gasteiger partial charge on any atom is 0.310 e. The number of likely N-dealkylation sites (tertiary alicyclic amines) is 1. The van der Waals surface area contributed by atoms with Gasteiger partial charge in [-0.05, 0) is 39.2 Å². The quantitative estimate of drug-likeness (QED) is 0.776. The molecule has 0 amide bonds. The molecule has 2 heterocycles. The van der Waals surface area contributed by atoms with E-state index in [1.807, 2.05) is 13.0 Å². The predicted octanol–water partition coefficient (Wildman–Crippen LogP) is 2.08. The van der Waals surface area contributed by atoms with Crippen molar-refractivity contribution < 1.29 is 19.2 Å². The number of carbonyl (C=O) groups is 1. The summed E-state index contributed by atoms with van der Waals surface area (Å²) in [6.45, 7) is 4.58. The highest BCUT2D eigenvalue weighted by molar-refractivity contribution is 5.75. The number of carboxylic acid groups (broad SMARTS) is 1. The third-order valence-electron chi connectivity index (χ3n) is 4.17. The molecular formula is C15H24N2O4. The van der Waals surface area contributed by atoms with Crippen LogP contribution in [0.2, 0.25) is 0 Å². The Morgan fingerprint density at radius 3 is 3.05 bits per heavy atom. The summed E-state index contributed by atoms with van der Waals surface area (Å²) in [7, 11) is 1.65. The van der Waals surface area contributed by atoms with Gasteiger partial charge in [0.25, 0.3) is 0 Å². The fourth-order valence-electron chi connectivity index (χ4n) is 3.11. The van der Waals surface area contributed by atoms with Gasteiger partial charge in [-0.1, -0.05) is 5.16 Å². The highest BCUT2D eigenvalue weighted by Gasteiger charge is 2.41. The largest absolute Gasteiger partial charge is 0.481 e. The molecule has 0 saturated carbocycles. The number of piperidine rings is 1. The number of nitrogens with zero attached hydrogens (tertiary/aromatic N) is 2. The number of hydrogen-bond acceptors (Lipinski definition) is 5. The first-order valence-corrected chi connectivity index (χ1v) is 7.43. The van der Waals surface area contributed by atoms with E-state index in [4.69, 9.17) is 9.26 Å². The molecule has 0 aromatic carbocycles. The van der Waals surface area contributed by atoms with E-state index in [1.165, 1.54) is 0 Å². The highest BCUT2D eigenvalue weighted by atomic mass is 16.5. The molecule has 2 rings (SSSR count). The molecule has 1 aromatic heterocycles. The fraction of sp³-hybridized carbons (Fsp3) is 0.733. The van der Waals surface area contributed by atoms with E-state index < -0.39 is 11.4 Å². The van der Waals surface area contributed by atoms with Gasteiger partial charge < -0.3 is 14.4 Å². The number of aliphatic carboxylic acids is 1. The smallest absolute Gasteiger partial charge is 0.310 e. The molecule has 21 heavy (non-hydrogen) atoms. The molecule has 1 fully saturated rings. The van der Waals surface area contributed by atoms with E-state index in [1.54, 1.807) is 7.11 Å². The summed E-state index contributed by atoms with van der Waals surface area (Å²) in [6, 6.07) is 1.90. The van der Waals surface area contributed by atoms with E-state index in [0.717, 1.165) is 37.3 Å². The second kappa shape index (κ2) is 7.04. The minimum atomic E-state index is -0.697. The highest BCUT2D eigenvalue weighted by Crippen LogP contribution is 2.35. The summed E-state index contributed by atoms with van der Waals surface area (Å²) in [6.07, 6.45) is 3.06. The van der Waals surface area contributed by atoms with Gasteiger partial charge >= 0.3 is 5.97 Å². The Hall–Kier alpha value is -1.40. The fourth-order valence-corrected chi connectivity index (χ4v) is 3.11. The molecule has 0 spiro atoms. The number of rotatable bonds is 7. The minimum absolute atomic E-state index is 0.561. The molecule has 1 atom stereocenters. The standard InChI is InChI=1S/C15H24N2O4/c1-12-9-13(21-16-12)10-17-7-3-5-15(11-17,14(18)19)6-4-8-20-2/h9H,3-8,10-11H2,1-2H3,(H,18,19). The number of ether oxygens (including phenoxy) is 1. The van der Waals surface area contributed by atoms with Gasteiger partial charge in [-0.3, -0.25) is 9.69 Å². The van der Waals surface area contributed by atoms with Gasteiger partial charge in [-0.25, -0.2) is 0 Å². The summed E-state index contributed by atoms with van der Waals surface area (Å²) in [5.74, 6) is 0.0997. The first-order chi connectivity index (χ1) is 10.1. The van der Waals surface area contributed by atoms with Gasteiger partial charge in [0.1, 0.15) is 0 Å². The van der Waals surface area contributed by atoms with Crippen LogP contribution in [0.4, 0.5) is 0 Å². The van der Waals surface area contributed by atoms with E-state index in [0.29, 0.717) is 26.1 Å². The molecule has 1 N–H and O–H groups in total. The molecule has 1 unspecified atom stereocenters. The van der Waals surface area contributed by atoms with Crippen molar-refractivity contribution in [3.05, 3.63) is 17.5 Å². The summed E-state index contributed by atoms with van der Waals surface area (Å²) < 4.78 is 10.3. The summed E-state index contributed by atoms with van der Waals surface area (Å²) in [5.41, 5.74) is 0.192. The zero-order valence-corrected chi connectivity index (χ0v) is 12.8. The van der Waals surface area contributed by atoms with Crippen molar-refractivity contribution in [2.75, 3.05) is 26.8 Å². The van der Waals surface area contributed by atoms with Crippen molar-refractivity contribution in [2.24, 2.45) is 5.41 Å². The van der Waals surface area contributed by atoms with Crippen LogP contribution < -0.4 is 0 Å². The van der Waals surface area contributed by atoms with Crippen molar-refractivity contribution in [3.8, 4) is 0 Å². The van der Waals surface area contributed by atoms with E-state index in [9.17, 15) is 9.90 Å². The third kappa shape index (κ3) is 4.04. The lowest BCUT2D eigenvalue weighted by molar-refractivity contribution is -0.153. The maximum atomic E-state index is 11.8. The van der Waals surface area contributed by atoms with Crippen LogP contribution in [0.25, 0.3) is 0 Å². The van der Waals surface area contributed by atoms with Crippen molar-refractivity contribution in [1.29, 1.82) is 0 Å². The molecule has 1 saturated heterocycles. The molecule has 0 aliphatic carbocycles. The van der Waals surface area contributed by atoms with Crippen molar-refractivity contribution in [3.63, 3.8) is 0 Å². The molecule has 1 aliphatic rings. The van der Waals surface area contributed by atoms with Gasteiger partial charge in [0.2, 0.25) is 0 Å². The number of aryl methyl sites for hydroxylation is 1. The first-order valence-electron chi connectivity index (χ1n) is 7.43. The van der Waals surface area contributed by atoms with Crippen LogP contribution in [-0.4, -0.2) is 47.9 Å². The summed E-state index contributed by atoms with van der Waals surface area (Å²) in [4.78, 5) is 13.9. The third-order valence-corrected chi connectivity index (χ3v) is 4.17. The topological polar surface area (TPSA) is 75.8 Å². The van der Waals surface area contributed by atoms with Crippen LogP contribution in [-0.2, 0) is 16.1 Å². The Morgan fingerprint density at radius 2 is 2.43 bits per heavy atom. The van der Waals surface area contributed by atoms with Crippen LogP contribution in [0.1, 0.15) is 37.1 Å². The van der Waals surface area contributed by atoms with Crippen LogP contribution in [0.5, 0.6) is 0 Å². The average molecular weight is 296 g/mol. The second-order valence-electron chi connectivity index (χ2n) is 5.93. The van der Waals surface area contributed by atoms with E-state index in [2.05, 4.69) is 10.1 Å². The monoisotopic (exact) mass is 296 g/mol. The van der Waals surface area contributed by atoms with Crippen LogP contribution in [0.3, 0.4) is 0 Å². The average Bonchev–Trinajstić information content (AvgIpc) is 2.84. The predicted molar refractivity (Wildman–Crippen MR) is 76.9 cm³/mol. The number of carboxylic acids is 1. The maximum absolute atomic E-state index is 11.8. The molecule has 1 aromatic rings. The number of aromatic nitrogens is 1. The Labute approximate surface area is 125 Å². The van der Waals surface area contributed by atoms with Gasteiger partial charge in [0.15, 0.2) is 5.76 Å². The summed E-state index contributed by atoms with van der Waals surface area (Å²) in [5, 5.41) is 13.6.